The van der Waals surface area contributed by atoms with Crippen LogP contribution in [0, 0.1) is 5.92 Å². The lowest BCUT2D eigenvalue weighted by molar-refractivity contribution is -0.000126. The molecule has 0 aromatic heterocycles. The fourth-order valence-corrected chi connectivity index (χ4v) is 4.02. The summed E-state index contributed by atoms with van der Waals surface area (Å²) >= 11 is 0. The molecule has 1 N–H and O–H groups in total. The number of nitrogens with one attached hydrogen (secondary N) is 1. The van der Waals surface area contributed by atoms with Crippen molar-refractivity contribution in [2.24, 2.45) is 5.92 Å². The highest BCUT2D eigenvalue weighted by atomic mass is 16.5. The molecule has 1 saturated heterocycles. The Morgan fingerprint density at radius 2 is 1.90 bits per heavy atom. The molecular weight excluding hydrogens is 248 g/mol. The molecule has 3 heteroatoms. The van der Waals surface area contributed by atoms with Crippen LogP contribution in [-0.4, -0.2) is 49.8 Å². The molecule has 20 heavy (non-hydrogen) atoms. The van der Waals surface area contributed by atoms with Crippen molar-refractivity contribution in [1.29, 1.82) is 0 Å². The zero-order valence-corrected chi connectivity index (χ0v) is 13.6. The second-order valence-electron chi connectivity index (χ2n) is 6.54. The van der Waals surface area contributed by atoms with Crippen LogP contribution in [0.5, 0.6) is 0 Å². The van der Waals surface area contributed by atoms with Crippen molar-refractivity contribution < 1.29 is 4.74 Å². The zero-order chi connectivity index (χ0) is 14.2. The SMILES string of the molecule is CCNC1CCCCCC1CN1CCCC(OCC)C1. The minimum Gasteiger partial charge on any atom is -0.377 e. The zero-order valence-electron chi connectivity index (χ0n) is 13.6. The van der Waals surface area contributed by atoms with Crippen molar-refractivity contribution in [2.75, 3.05) is 32.8 Å². The van der Waals surface area contributed by atoms with Gasteiger partial charge in [0, 0.05) is 25.7 Å². The molecule has 0 radical (unpaired) electrons. The molecule has 1 aliphatic carbocycles. The van der Waals surface area contributed by atoms with Crippen molar-refractivity contribution in [2.45, 2.75) is 70.9 Å². The second kappa shape index (κ2) is 9.01. The van der Waals surface area contributed by atoms with Gasteiger partial charge < -0.3 is 15.0 Å². The van der Waals surface area contributed by atoms with Gasteiger partial charge in [-0.2, -0.15) is 0 Å². The number of hydrogen-bond donors (Lipinski definition) is 1. The van der Waals surface area contributed by atoms with Crippen molar-refractivity contribution in [3.63, 3.8) is 0 Å². The highest BCUT2D eigenvalue weighted by Crippen LogP contribution is 2.26. The largest absolute Gasteiger partial charge is 0.377 e. The summed E-state index contributed by atoms with van der Waals surface area (Å²) in [5.74, 6) is 0.845. The first-order valence-corrected chi connectivity index (χ1v) is 8.90. The van der Waals surface area contributed by atoms with E-state index in [9.17, 15) is 0 Å². The summed E-state index contributed by atoms with van der Waals surface area (Å²) in [6, 6.07) is 0.745. The maximum Gasteiger partial charge on any atom is 0.0702 e. The molecule has 3 atom stereocenters. The third-order valence-electron chi connectivity index (χ3n) is 4.98. The van der Waals surface area contributed by atoms with Crippen LogP contribution in [0.4, 0.5) is 0 Å². The smallest absolute Gasteiger partial charge is 0.0702 e. The molecule has 118 valence electrons. The third-order valence-corrected chi connectivity index (χ3v) is 4.98. The Kier molecular flexibility index (Phi) is 7.32. The van der Waals surface area contributed by atoms with E-state index >= 15 is 0 Å². The fraction of sp³-hybridized carbons (Fsp3) is 1.00. The highest BCUT2D eigenvalue weighted by molar-refractivity contribution is 4.84. The second-order valence-corrected chi connectivity index (χ2v) is 6.54. The molecule has 1 aliphatic heterocycles. The number of nitrogens with zero attached hydrogens (tertiary/aromatic N) is 1. The summed E-state index contributed by atoms with van der Waals surface area (Å²) in [6.45, 7) is 10.0. The number of piperidine rings is 1. The van der Waals surface area contributed by atoms with Crippen LogP contribution >= 0.6 is 0 Å². The molecule has 0 bridgehead atoms. The molecule has 0 amide bonds. The summed E-state index contributed by atoms with van der Waals surface area (Å²) < 4.78 is 5.84. The van der Waals surface area contributed by atoms with E-state index in [1.54, 1.807) is 0 Å². The van der Waals surface area contributed by atoms with Crippen LogP contribution in [-0.2, 0) is 4.74 Å². The lowest BCUT2D eigenvalue weighted by atomic mass is 9.93. The lowest BCUT2D eigenvalue weighted by Gasteiger charge is -2.37. The van der Waals surface area contributed by atoms with E-state index in [1.807, 2.05) is 0 Å². The number of rotatable bonds is 6. The molecule has 2 rings (SSSR count). The Labute approximate surface area is 125 Å². The van der Waals surface area contributed by atoms with E-state index in [0.717, 1.165) is 31.7 Å². The Bertz CT molecular complexity index is 257. The molecule has 2 aliphatic rings. The van der Waals surface area contributed by atoms with Crippen LogP contribution in [0.2, 0.25) is 0 Å². The average Bonchev–Trinajstić information content (AvgIpc) is 2.66. The lowest BCUT2D eigenvalue weighted by Crippen LogP contribution is -2.46. The van der Waals surface area contributed by atoms with Crippen LogP contribution in [0.25, 0.3) is 0 Å². The summed E-state index contributed by atoms with van der Waals surface area (Å²) in [5.41, 5.74) is 0. The molecule has 1 heterocycles. The van der Waals surface area contributed by atoms with Crippen LogP contribution in [0.1, 0.15) is 58.8 Å². The van der Waals surface area contributed by atoms with Crippen molar-refractivity contribution in [3.8, 4) is 0 Å². The van der Waals surface area contributed by atoms with Gasteiger partial charge in [0.25, 0.3) is 0 Å². The number of ether oxygens (including phenoxy) is 1. The van der Waals surface area contributed by atoms with E-state index in [1.165, 1.54) is 58.0 Å². The van der Waals surface area contributed by atoms with Crippen molar-refractivity contribution in [1.82, 2.24) is 10.2 Å². The van der Waals surface area contributed by atoms with Gasteiger partial charge in [-0.15, -0.1) is 0 Å². The van der Waals surface area contributed by atoms with Crippen LogP contribution in [0.15, 0.2) is 0 Å². The Morgan fingerprint density at radius 1 is 1.05 bits per heavy atom. The van der Waals surface area contributed by atoms with E-state index in [0.29, 0.717) is 6.10 Å². The standard InChI is InChI=1S/C17H34N2O/c1-3-18-17-11-7-5-6-9-15(17)13-19-12-8-10-16(14-19)20-4-2/h15-18H,3-14H2,1-2H3. The van der Waals surface area contributed by atoms with Gasteiger partial charge in [-0.25, -0.2) is 0 Å². The van der Waals surface area contributed by atoms with E-state index < -0.39 is 0 Å². The van der Waals surface area contributed by atoms with Crippen LogP contribution < -0.4 is 5.32 Å². The molecule has 1 saturated carbocycles. The third kappa shape index (κ3) is 5.01. The molecule has 3 nitrogen and oxygen atoms in total. The van der Waals surface area contributed by atoms with Gasteiger partial charge in [0.2, 0.25) is 0 Å². The first-order chi connectivity index (χ1) is 9.83. The van der Waals surface area contributed by atoms with Crippen molar-refractivity contribution in [3.05, 3.63) is 0 Å². The minimum absolute atomic E-state index is 0.483. The van der Waals surface area contributed by atoms with E-state index in [4.69, 9.17) is 4.74 Å². The Balaban J connectivity index is 1.85. The average molecular weight is 282 g/mol. The predicted octanol–water partition coefficient (Wildman–Crippen LogP) is 3.05. The minimum atomic E-state index is 0.483. The van der Waals surface area contributed by atoms with Gasteiger partial charge >= 0.3 is 0 Å². The monoisotopic (exact) mass is 282 g/mol. The number of hydrogen-bond acceptors (Lipinski definition) is 3. The summed E-state index contributed by atoms with van der Waals surface area (Å²) in [7, 11) is 0. The molecule has 0 aromatic carbocycles. The normalized spacial score (nSPS) is 33.0. The first kappa shape index (κ1) is 16.3. The molecule has 2 fully saturated rings. The summed E-state index contributed by atoms with van der Waals surface area (Å²) in [4.78, 5) is 2.67. The molecule has 0 aromatic rings. The maximum absolute atomic E-state index is 5.84. The Hall–Kier alpha value is -0.120. The fourth-order valence-electron chi connectivity index (χ4n) is 4.02. The van der Waals surface area contributed by atoms with Gasteiger partial charge in [-0.3, -0.25) is 0 Å². The topological polar surface area (TPSA) is 24.5 Å². The van der Waals surface area contributed by atoms with E-state index in [-0.39, 0.29) is 0 Å². The van der Waals surface area contributed by atoms with Crippen LogP contribution in [0.3, 0.4) is 0 Å². The quantitative estimate of drug-likeness (QED) is 0.758. The number of likely N-dealkylation sites (tertiary alicyclic amines) is 1. The molecule has 3 unspecified atom stereocenters. The van der Waals surface area contributed by atoms with Gasteiger partial charge in [0.05, 0.1) is 6.10 Å². The van der Waals surface area contributed by atoms with Gasteiger partial charge in [0.1, 0.15) is 0 Å². The summed E-state index contributed by atoms with van der Waals surface area (Å²) in [5, 5.41) is 3.74. The Morgan fingerprint density at radius 3 is 2.70 bits per heavy atom. The van der Waals surface area contributed by atoms with E-state index in [2.05, 4.69) is 24.1 Å². The molecular formula is C17H34N2O. The highest BCUT2D eigenvalue weighted by Gasteiger charge is 2.27. The van der Waals surface area contributed by atoms with Crippen molar-refractivity contribution >= 4 is 0 Å². The van der Waals surface area contributed by atoms with Gasteiger partial charge in [-0.1, -0.05) is 26.2 Å². The maximum atomic E-state index is 5.84. The summed E-state index contributed by atoms with van der Waals surface area (Å²) in [6.07, 6.45) is 10.1. The van der Waals surface area contributed by atoms with Gasteiger partial charge in [0.15, 0.2) is 0 Å². The first-order valence-electron chi connectivity index (χ1n) is 8.90. The van der Waals surface area contributed by atoms with Gasteiger partial charge in [-0.05, 0) is 51.6 Å². The predicted molar refractivity (Wildman–Crippen MR) is 85.1 cm³/mol. The molecule has 0 spiro atoms.